The highest BCUT2D eigenvalue weighted by molar-refractivity contribution is 5.88. The fourth-order valence-corrected chi connectivity index (χ4v) is 1.81. The van der Waals surface area contributed by atoms with Crippen molar-refractivity contribution in [3.63, 3.8) is 0 Å². The summed E-state index contributed by atoms with van der Waals surface area (Å²) in [6.07, 6.45) is 5.97. The van der Waals surface area contributed by atoms with Crippen LogP contribution in [0.1, 0.15) is 103 Å². The first-order valence-corrected chi connectivity index (χ1v) is 10.1. The van der Waals surface area contributed by atoms with Crippen LogP contribution in [-0.4, -0.2) is 11.6 Å². The molecule has 0 radical (unpaired) electrons. The van der Waals surface area contributed by atoms with Crippen LogP contribution in [0.3, 0.4) is 0 Å². The van der Waals surface area contributed by atoms with Gasteiger partial charge in [-0.05, 0) is 62.0 Å². The number of carbonyl (C=O) groups excluding carboxylic acids is 1. The molecule has 0 amide bonds. The normalized spacial score (nSPS) is 15.1. The highest BCUT2D eigenvalue weighted by Crippen LogP contribution is 2.33. The van der Waals surface area contributed by atoms with Crippen LogP contribution in [0.2, 0.25) is 0 Å². The number of hydrogen-bond donors (Lipinski definition) is 0. The first kappa shape index (κ1) is 27.2. The minimum Gasteiger partial charge on any atom is -0.456 e. The molecule has 0 aliphatic carbocycles. The van der Waals surface area contributed by atoms with Crippen molar-refractivity contribution < 1.29 is 9.53 Å². The zero-order valence-corrected chi connectivity index (χ0v) is 20.0. The highest BCUT2D eigenvalue weighted by atomic mass is 16.6. The van der Waals surface area contributed by atoms with Gasteiger partial charge in [0.2, 0.25) is 0 Å². The second-order valence-electron chi connectivity index (χ2n) is 10.5. The van der Waals surface area contributed by atoms with E-state index in [9.17, 15) is 4.79 Å². The Bertz CT molecular complexity index is 473. The van der Waals surface area contributed by atoms with Gasteiger partial charge in [0.05, 0.1) is 0 Å². The molecule has 0 bridgehead atoms. The van der Waals surface area contributed by atoms with Gasteiger partial charge in [0.25, 0.3) is 0 Å². The Hall–Kier alpha value is -1.05. The SMILES string of the molecule is CC(C)(C)C.CC/C=C(\C=C(/C)C(=O)OC(C)(C)CC)C(C)C(C)(C)C. The fourth-order valence-electron chi connectivity index (χ4n) is 1.81. The molecule has 0 N–H and O–H groups in total. The van der Waals surface area contributed by atoms with E-state index in [-0.39, 0.29) is 11.4 Å². The standard InChI is InChI=1S/C19H34O2.C5H12/c1-10-12-16(15(4)18(5,6)7)13-14(3)17(20)21-19(8,9)11-2;1-5(2,3)4/h12-13,15H,10-11H2,1-9H3;1-4H3/b14-13+,16-12+;. The maximum absolute atomic E-state index is 12.2. The van der Waals surface area contributed by atoms with Crippen LogP contribution in [0.25, 0.3) is 0 Å². The van der Waals surface area contributed by atoms with E-state index in [1.807, 2.05) is 33.8 Å². The van der Waals surface area contributed by atoms with Gasteiger partial charge in [-0.1, -0.05) is 75.3 Å². The maximum atomic E-state index is 12.2. The van der Waals surface area contributed by atoms with Gasteiger partial charge in [-0.25, -0.2) is 4.79 Å². The summed E-state index contributed by atoms with van der Waals surface area (Å²) in [5.74, 6) is 0.171. The van der Waals surface area contributed by atoms with E-state index in [1.165, 1.54) is 5.57 Å². The van der Waals surface area contributed by atoms with Gasteiger partial charge in [0.15, 0.2) is 0 Å². The summed E-state index contributed by atoms with van der Waals surface area (Å²) in [6, 6.07) is 0. The lowest BCUT2D eigenvalue weighted by Gasteiger charge is -2.29. The Labute approximate surface area is 164 Å². The molecule has 2 heteroatoms. The number of carbonyl (C=O) groups is 1. The summed E-state index contributed by atoms with van der Waals surface area (Å²) in [6.45, 7) is 27.5. The molecule has 0 aliphatic heterocycles. The van der Waals surface area contributed by atoms with Crippen molar-refractivity contribution in [1.29, 1.82) is 0 Å². The second kappa shape index (κ2) is 10.9. The van der Waals surface area contributed by atoms with Gasteiger partial charge in [-0.2, -0.15) is 0 Å². The van der Waals surface area contributed by atoms with Crippen molar-refractivity contribution in [3.05, 3.63) is 23.3 Å². The van der Waals surface area contributed by atoms with Crippen molar-refractivity contribution in [2.75, 3.05) is 0 Å². The first-order valence-electron chi connectivity index (χ1n) is 10.1. The van der Waals surface area contributed by atoms with Crippen LogP contribution >= 0.6 is 0 Å². The quantitative estimate of drug-likeness (QED) is 0.273. The molecule has 0 saturated heterocycles. The molecule has 0 fully saturated rings. The molecule has 0 aromatic rings. The maximum Gasteiger partial charge on any atom is 0.334 e. The van der Waals surface area contributed by atoms with Crippen LogP contribution in [-0.2, 0) is 9.53 Å². The predicted molar refractivity (Wildman–Crippen MR) is 116 cm³/mol. The second-order valence-corrected chi connectivity index (χ2v) is 10.5. The molecule has 1 unspecified atom stereocenters. The molecule has 26 heavy (non-hydrogen) atoms. The van der Waals surface area contributed by atoms with E-state index in [1.54, 1.807) is 0 Å². The van der Waals surface area contributed by atoms with Gasteiger partial charge < -0.3 is 4.74 Å². The largest absolute Gasteiger partial charge is 0.456 e. The smallest absolute Gasteiger partial charge is 0.334 e. The lowest BCUT2D eigenvalue weighted by molar-refractivity contribution is -0.151. The first-order chi connectivity index (χ1) is 11.4. The molecule has 154 valence electrons. The predicted octanol–water partition coefficient (Wildman–Crippen LogP) is 7.74. The molecule has 1 atom stereocenters. The zero-order valence-electron chi connectivity index (χ0n) is 20.0. The Kier molecular flexibility index (Phi) is 11.4. The number of allylic oxidation sites excluding steroid dienone is 3. The van der Waals surface area contributed by atoms with Crippen molar-refractivity contribution in [2.24, 2.45) is 16.7 Å². The van der Waals surface area contributed by atoms with Gasteiger partial charge in [0, 0.05) is 5.57 Å². The Balaban J connectivity index is 0. The van der Waals surface area contributed by atoms with Crippen LogP contribution in [0, 0.1) is 16.7 Å². The molecule has 0 aromatic heterocycles. The van der Waals surface area contributed by atoms with Gasteiger partial charge in [-0.15, -0.1) is 0 Å². The van der Waals surface area contributed by atoms with Crippen LogP contribution in [0.5, 0.6) is 0 Å². The molecular formula is C24H46O2. The van der Waals surface area contributed by atoms with Crippen molar-refractivity contribution in [2.45, 2.75) is 108 Å². The molecule has 2 nitrogen and oxygen atoms in total. The Morgan fingerprint density at radius 3 is 1.69 bits per heavy atom. The third kappa shape index (κ3) is 14.2. The average molecular weight is 367 g/mol. The monoisotopic (exact) mass is 366 g/mol. The van der Waals surface area contributed by atoms with Crippen molar-refractivity contribution in [1.82, 2.24) is 0 Å². The number of ether oxygens (including phenoxy) is 1. The molecule has 0 heterocycles. The molecule has 0 aliphatic rings. The summed E-state index contributed by atoms with van der Waals surface area (Å²) < 4.78 is 5.56. The molecule has 0 spiro atoms. The van der Waals surface area contributed by atoms with Crippen molar-refractivity contribution in [3.8, 4) is 0 Å². The van der Waals surface area contributed by atoms with E-state index in [2.05, 4.69) is 68.4 Å². The Morgan fingerprint density at radius 1 is 0.962 bits per heavy atom. The summed E-state index contributed by atoms with van der Waals surface area (Å²) in [7, 11) is 0. The number of rotatable bonds is 6. The molecular weight excluding hydrogens is 320 g/mol. The third-order valence-electron chi connectivity index (χ3n) is 4.16. The lowest BCUT2D eigenvalue weighted by Crippen LogP contribution is -2.27. The van der Waals surface area contributed by atoms with Crippen LogP contribution in [0.15, 0.2) is 23.3 Å². The molecule has 0 aromatic carbocycles. The topological polar surface area (TPSA) is 26.3 Å². The average Bonchev–Trinajstić information content (AvgIpc) is 2.42. The van der Waals surface area contributed by atoms with Crippen LogP contribution < -0.4 is 0 Å². The van der Waals surface area contributed by atoms with E-state index >= 15 is 0 Å². The number of esters is 1. The van der Waals surface area contributed by atoms with E-state index in [0.29, 0.717) is 16.9 Å². The van der Waals surface area contributed by atoms with E-state index in [4.69, 9.17) is 4.74 Å². The zero-order chi connectivity index (χ0) is 21.3. The fraction of sp³-hybridized carbons (Fsp3) is 0.792. The minimum absolute atomic E-state index is 0.171. The van der Waals surface area contributed by atoms with Crippen LogP contribution in [0.4, 0.5) is 0 Å². The molecule has 0 rings (SSSR count). The Morgan fingerprint density at radius 2 is 1.38 bits per heavy atom. The molecule has 0 saturated carbocycles. The minimum atomic E-state index is -0.406. The van der Waals surface area contributed by atoms with Crippen molar-refractivity contribution >= 4 is 5.97 Å². The summed E-state index contributed by atoms with van der Waals surface area (Å²) >= 11 is 0. The summed E-state index contributed by atoms with van der Waals surface area (Å²) in [5, 5.41) is 0. The van der Waals surface area contributed by atoms with Gasteiger partial charge in [-0.3, -0.25) is 0 Å². The summed E-state index contributed by atoms with van der Waals surface area (Å²) in [5.41, 5.74) is 2.15. The summed E-state index contributed by atoms with van der Waals surface area (Å²) in [4.78, 5) is 12.2. The van der Waals surface area contributed by atoms with E-state index < -0.39 is 5.60 Å². The lowest BCUT2D eigenvalue weighted by atomic mass is 9.76. The van der Waals surface area contributed by atoms with Gasteiger partial charge >= 0.3 is 5.97 Å². The highest BCUT2D eigenvalue weighted by Gasteiger charge is 2.24. The third-order valence-corrected chi connectivity index (χ3v) is 4.16. The number of hydrogen-bond acceptors (Lipinski definition) is 2. The van der Waals surface area contributed by atoms with E-state index in [0.717, 1.165) is 12.8 Å². The van der Waals surface area contributed by atoms with Gasteiger partial charge in [0.1, 0.15) is 5.60 Å².